The van der Waals surface area contributed by atoms with E-state index in [1.807, 2.05) is 19.9 Å². The van der Waals surface area contributed by atoms with Gasteiger partial charge in [0.25, 0.3) is 5.91 Å². The molecule has 1 saturated heterocycles. The number of amides is 3. The highest BCUT2D eigenvalue weighted by molar-refractivity contribution is 5.93. The summed E-state index contributed by atoms with van der Waals surface area (Å²) in [5.74, 6) is -2.47. The lowest BCUT2D eigenvalue weighted by Crippen LogP contribution is -2.62. The van der Waals surface area contributed by atoms with Gasteiger partial charge in [-0.25, -0.2) is 5.43 Å². The van der Waals surface area contributed by atoms with E-state index in [1.54, 1.807) is 32.2 Å². The number of rotatable bonds is 4. The van der Waals surface area contributed by atoms with Crippen LogP contribution in [0, 0.1) is 11.8 Å². The van der Waals surface area contributed by atoms with Crippen LogP contribution in [0.25, 0.3) is 6.08 Å². The van der Waals surface area contributed by atoms with Gasteiger partial charge in [0.1, 0.15) is 30.0 Å². The van der Waals surface area contributed by atoms with Crippen LogP contribution in [0.2, 0.25) is 0 Å². The average Bonchev–Trinajstić information content (AvgIpc) is 3.47. The van der Waals surface area contributed by atoms with Gasteiger partial charge in [0, 0.05) is 20.1 Å². The van der Waals surface area contributed by atoms with Gasteiger partial charge >= 0.3 is 5.97 Å². The molecule has 1 fully saturated rings. The summed E-state index contributed by atoms with van der Waals surface area (Å²) in [5.41, 5.74) is 6.85. The van der Waals surface area contributed by atoms with E-state index in [-0.39, 0.29) is 36.2 Å². The molecular formula is C37H48N4O7. The third-order valence-corrected chi connectivity index (χ3v) is 9.60. The number of methoxy groups -OCH3 is 1. The number of carbonyl (C=O) groups excluding carboxylic acids is 4. The molecular weight excluding hydrogens is 612 g/mol. The number of hydrazine groups is 1. The van der Waals surface area contributed by atoms with Gasteiger partial charge in [0.2, 0.25) is 11.8 Å². The van der Waals surface area contributed by atoms with E-state index in [9.17, 15) is 24.3 Å². The minimum absolute atomic E-state index is 0.0358. The number of benzene rings is 2. The minimum Gasteiger partial charge on any atom is -0.508 e. The molecule has 4 N–H and O–H groups in total. The highest BCUT2D eigenvalue weighted by Crippen LogP contribution is 2.35. The van der Waals surface area contributed by atoms with Crippen LogP contribution in [-0.2, 0) is 41.5 Å². The molecule has 4 bridgehead atoms. The quantitative estimate of drug-likeness (QED) is 0.363. The van der Waals surface area contributed by atoms with Gasteiger partial charge in [-0.05, 0) is 84.9 Å². The van der Waals surface area contributed by atoms with Gasteiger partial charge in [-0.15, -0.1) is 0 Å². The summed E-state index contributed by atoms with van der Waals surface area (Å²) < 4.78 is 11.8. The second-order valence-electron chi connectivity index (χ2n) is 13.4. The Bertz CT molecular complexity index is 1520. The largest absolute Gasteiger partial charge is 0.508 e. The third kappa shape index (κ3) is 8.43. The Hall–Kier alpha value is -4.22. The van der Waals surface area contributed by atoms with Crippen LogP contribution in [0.4, 0.5) is 0 Å². The zero-order chi connectivity index (χ0) is 34.4. The van der Waals surface area contributed by atoms with Gasteiger partial charge in [-0.3, -0.25) is 24.2 Å². The van der Waals surface area contributed by atoms with Crippen molar-refractivity contribution in [1.82, 2.24) is 21.1 Å². The Balaban J connectivity index is 1.46. The lowest BCUT2D eigenvalue weighted by atomic mass is 9.96. The number of ether oxygens (including phenoxy) is 2. The van der Waals surface area contributed by atoms with Crippen LogP contribution in [0.15, 0.2) is 48.5 Å². The van der Waals surface area contributed by atoms with Gasteiger partial charge in [-0.1, -0.05) is 57.2 Å². The van der Waals surface area contributed by atoms with Crippen molar-refractivity contribution in [2.75, 3.05) is 13.7 Å². The summed E-state index contributed by atoms with van der Waals surface area (Å²) in [4.78, 5) is 54.9. The minimum atomic E-state index is -1.05. The number of aromatic hydroxyl groups is 1. The van der Waals surface area contributed by atoms with Crippen LogP contribution in [0.3, 0.4) is 0 Å². The molecule has 0 saturated carbocycles. The van der Waals surface area contributed by atoms with Gasteiger partial charge in [0.15, 0.2) is 0 Å². The number of phenols is 1. The second-order valence-corrected chi connectivity index (χ2v) is 13.4. The highest BCUT2D eigenvalue weighted by Gasteiger charge is 2.37. The third-order valence-electron chi connectivity index (χ3n) is 9.60. The smallest absolute Gasteiger partial charge is 0.325 e. The number of fused-ring (bicyclic) bond motifs is 3. The first-order valence-corrected chi connectivity index (χ1v) is 17.0. The fourth-order valence-electron chi connectivity index (χ4n) is 6.76. The van der Waals surface area contributed by atoms with Crippen LogP contribution < -0.4 is 16.1 Å². The molecule has 3 aliphatic rings. The van der Waals surface area contributed by atoms with E-state index in [0.29, 0.717) is 44.2 Å². The van der Waals surface area contributed by atoms with Crippen molar-refractivity contribution in [2.24, 2.45) is 11.8 Å². The number of carbonyl (C=O) groups is 4. The van der Waals surface area contributed by atoms with Crippen molar-refractivity contribution in [3.05, 3.63) is 70.8 Å². The molecule has 1 aliphatic carbocycles. The van der Waals surface area contributed by atoms with Crippen molar-refractivity contribution in [1.29, 1.82) is 0 Å². The molecule has 2 heterocycles. The maximum atomic E-state index is 14.1. The molecule has 11 heteroatoms. The van der Waals surface area contributed by atoms with E-state index in [4.69, 9.17) is 9.47 Å². The fourth-order valence-corrected chi connectivity index (χ4v) is 6.76. The van der Waals surface area contributed by atoms with E-state index >= 15 is 0 Å². The summed E-state index contributed by atoms with van der Waals surface area (Å²) in [6, 6.07) is 10.0. The molecule has 0 radical (unpaired) electrons. The van der Waals surface area contributed by atoms with Gasteiger partial charge in [0.05, 0.1) is 12.0 Å². The number of allylic oxidation sites excluding steroid dienone is 1. The predicted octanol–water partition coefficient (Wildman–Crippen LogP) is 3.74. The summed E-state index contributed by atoms with van der Waals surface area (Å²) >= 11 is 0. The molecule has 3 amide bonds. The van der Waals surface area contributed by atoms with E-state index in [2.05, 4.69) is 40.3 Å². The Morgan fingerprint density at radius 1 is 1.02 bits per heavy atom. The molecule has 48 heavy (non-hydrogen) atoms. The molecule has 0 aromatic heterocycles. The molecule has 2 aromatic carbocycles. The van der Waals surface area contributed by atoms with Crippen molar-refractivity contribution >= 4 is 29.8 Å². The van der Waals surface area contributed by atoms with Crippen LogP contribution >= 0.6 is 0 Å². The fraction of sp³-hybridized carbons (Fsp3) is 0.514. The SMILES string of the molecule is COC1CCC=Cc2ccc3c(c2)C(CC3)OC(=O)C2CCCN(N2)C(=O)C(Cc2cccc(O)c2)NC(=O)C(C(C)C)NC(=O)C1C. The highest BCUT2D eigenvalue weighted by atomic mass is 16.5. The number of hydrogen-bond acceptors (Lipinski definition) is 8. The second kappa shape index (κ2) is 15.8. The maximum Gasteiger partial charge on any atom is 0.325 e. The van der Waals surface area contributed by atoms with E-state index < -0.39 is 41.8 Å². The van der Waals surface area contributed by atoms with Gasteiger partial charge in [-0.2, -0.15) is 0 Å². The Labute approximate surface area is 282 Å². The monoisotopic (exact) mass is 660 g/mol. The van der Waals surface area contributed by atoms with Crippen molar-refractivity contribution in [3.8, 4) is 5.75 Å². The molecule has 6 atom stereocenters. The zero-order valence-corrected chi connectivity index (χ0v) is 28.2. The van der Waals surface area contributed by atoms with Crippen LogP contribution in [-0.4, -0.2) is 71.7 Å². The number of phenolic OH excluding ortho intramolecular Hbond substituents is 1. The summed E-state index contributed by atoms with van der Waals surface area (Å²) in [7, 11) is 1.58. The number of nitrogens with zero attached hydrogens (tertiary/aromatic N) is 1. The summed E-state index contributed by atoms with van der Waals surface area (Å²) in [5, 5.41) is 17.3. The first-order chi connectivity index (χ1) is 23.0. The molecule has 2 aromatic rings. The van der Waals surface area contributed by atoms with Gasteiger partial charge < -0.3 is 25.2 Å². The molecule has 0 spiro atoms. The van der Waals surface area contributed by atoms with Crippen molar-refractivity contribution < 1.29 is 33.8 Å². The molecule has 6 unspecified atom stereocenters. The first-order valence-electron chi connectivity index (χ1n) is 17.0. The Kier molecular flexibility index (Phi) is 11.5. The molecule has 11 nitrogen and oxygen atoms in total. The molecule has 258 valence electrons. The molecule has 5 rings (SSSR count). The zero-order valence-electron chi connectivity index (χ0n) is 28.2. The lowest BCUT2D eigenvalue weighted by molar-refractivity contribution is -0.157. The number of hydrogen-bond donors (Lipinski definition) is 4. The predicted molar refractivity (Wildman–Crippen MR) is 180 cm³/mol. The summed E-state index contributed by atoms with van der Waals surface area (Å²) in [6.45, 7) is 5.77. The number of esters is 1. The Morgan fingerprint density at radius 2 is 1.83 bits per heavy atom. The maximum absolute atomic E-state index is 14.1. The lowest BCUT2D eigenvalue weighted by Gasteiger charge is -2.36. The Morgan fingerprint density at radius 3 is 2.58 bits per heavy atom. The van der Waals surface area contributed by atoms with Crippen molar-refractivity contribution in [3.63, 3.8) is 0 Å². The molecule has 2 aliphatic heterocycles. The van der Waals surface area contributed by atoms with Crippen LogP contribution in [0.5, 0.6) is 5.75 Å². The first kappa shape index (κ1) is 35.1. The van der Waals surface area contributed by atoms with Crippen molar-refractivity contribution in [2.45, 2.75) is 96.1 Å². The average molecular weight is 661 g/mol. The number of aryl methyl sites for hydroxylation is 1. The normalized spacial score (nSPS) is 27.5. The van der Waals surface area contributed by atoms with Crippen LogP contribution in [0.1, 0.15) is 81.2 Å². The standard InChI is InChI=1S/C37H48N4O7/c1-22(2)33-35(44)38-30(21-25-10-7-11-27(42)19-25)36(45)41-18-8-12-29(40-41)37(46)48-32-17-16-26-15-14-24(20-28(26)32)9-5-6-13-31(47-4)23(3)34(43)39-33/h5,7,9-11,14-15,19-20,22-23,29-33,40,42H,6,8,12-13,16-18,21H2,1-4H3,(H,38,44)(H,39,43). The number of nitrogens with one attached hydrogen (secondary N) is 3. The van der Waals surface area contributed by atoms with E-state index in [0.717, 1.165) is 23.1 Å². The van der Waals surface area contributed by atoms with E-state index in [1.165, 1.54) is 11.1 Å². The topological polar surface area (TPSA) is 146 Å². The summed E-state index contributed by atoms with van der Waals surface area (Å²) in [6.07, 6.45) is 7.22.